The Balaban J connectivity index is 2.80. The minimum absolute atomic E-state index is 0.0216. The SMILES string of the molecule is CCc1nc2cc(C(=O)O)c(N)c(Cl)c2[nH]1. The second kappa shape index (κ2) is 3.68. The largest absolute Gasteiger partial charge is 0.478 e. The van der Waals surface area contributed by atoms with Crippen molar-refractivity contribution in [2.24, 2.45) is 0 Å². The molecule has 2 rings (SSSR count). The van der Waals surface area contributed by atoms with Crippen LogP contribution in [-0.2, 0) is 6.42 Å². The number of aromatic carboxylic acids is 1. The number of aromatic amines is 1. The maximum Gasteiger partial charge on any atom is 0.337 e. The van der Waals surface area contributed by atoms with Gasteiger partial charge in [0.1, 0.15) is 5.82 Å². The summed E-state index contributed by atoms with van der Waals surface area (Å²) in [4.78, 5) is 18.1. The molecule has 16 heavy (non-hydrogen) atoms. The van der Waals surface area contributed by atoms with Gasteiger partial charge in [-0.15, -0.1) is 0 Å². The Morgan fingerprint density at radius 2 is 2.38 bits per heavy atom. The van der Waals surface area contributed by atoms with Gasteiger partial charge in [0.25, 0.3) is 0 Å². The number of aromatic nitrogens is 2. The quantitative estimate of drug-likeness (QED) is 0.700. The smallest absolute Gasteiger partial charge is 0.337 e. The van der Waals surface area contributed by atoms with E-state index in [4.69, 9.17) is 22.4 Å². The van der Waals surface area contributed by atoms with E-state index in [2.05, 4.69) is 9.97 Å². The Bertz CT molecular complexity index is 577. The van der Waals surface area contributed by atoms with E-state index >= 15 is 0 Å². The number of carbonyl (C=O) groups is 1. The average Bonchev–Trinajstić information content (AvgIpc) is 2.66. The number of hydrogen-bond acceptors (Lipinski definition) is 3. The molecule has 0 aliphatic heterocycles. The van der Waals surface area contributed by atoms with Gasteiger partial charge >= 0.3 is 5.97 Å². The van der Waals surface area contributed by atoms with Gasteiger partial charge in [-0.2, -0.15) is 0 Å². The van der Waals surface area contributed by atoms with Gasteiger partial charge < -0.3 is 15.8 Å². The van der Waals surface area contributed by atoms with Gasteiger partial charge in [0.05, 0.1) is 27.3 Å². The van der Waals surface area contributed by atoms with Gasteiger partial charge in [-0.05, 0) is 6.07 Å². The number of nitrogens with one attached hydrogen (secondary N) is 1. The molecule has 2 aromatic rings. The lowest BCUT2D eigenvalue weighted by Crippen LogP contribution is -2.03. The Kier molecular flexibility index (Phi) is 2.47. The molecule has 6 heteroatoms. The molecule has 1 heterocycles. The number of fused-ring (bicyclic) bond motifs is 1. The lowest BCUT2D eigenvalue weighted by molar-refractivity contribution is 0.0698. The highest BCUT2D eigenvalue weighted by Gasteiger charge is 2.16. The van der Waals surface area contributed by atoms with Gasteiger partial charge in [0.2, 0.25) is 0 Å². The molecular formula is C10H10ClN3O2. The van der Waals surface area contributed by atoms with Gasteiger partial charge in [0, 0.05) is 6.42 Å². The highest BCUT2D eigenvalue weighted by atomic mass is 35.5. The first-order valence-corrected chi connectivity index (χ1v) is 5.12. The van der Waals surface area contributed by atoms with E-state index in [1.807, 2.05) is 6.92 Å². The average molecular weight is 240 g/mol. The Hall–Kier alpha value is -1.75. The van der Waals surface area contributed by atoms with Crippen LogP contribution in [0.25, 0.3) is 11.0 Å². The number of nitrogens with two attached hydrogens (primary N) is 1. The predicted octanol–water partition coefficient (Wildman–Crippen LogP) is 2.06. The maximum atomic E-state index is 10.9. The molecule has 4 N–H and O–H groups in total. The second-order valence-electron chi connectivity index (χ2n) is 3.39. The third-order valence-electron chi connectivity index (χ3n) is 2.37. The number of imidazole rings is 1. The van der Waals surface area contributed by atoms with Crippen molar-refractivity contribution in [3.63, 3.8) is 0 Å². The summed E-state index contributed by atoms with van der Waals surface area (Å²) >= 11 is 5.99. The number of hydrogen-bond donors (Lipinski definition) is 3. The minimum atomic E-state index is -1.11. The van der Waals surface area contributed by atoms with Crippen LogP contribution in [0.2, 0.25) is 5.02 Å². The van der Waals surface area contributed by atoms with Crippen LogP contribution in [-0.4, -0.2) is 21.0 Å². The molecule has 84 valence electrons. The van der Waals surface area contributed by atoms with E-state index in [1.54, 1.807) is 0 Å². The number of aryl methyl sites for hydroxylation is 1. The zero-order valence-corrected chi connectivity index (χ0v) is 9.30. The number of rotatable bonds is 2. The molecule has 5 nitrogen and oxygen atoms in total. The van der Waals surface area contributed by atoms with Gasteiger partial charge in [0.15, 0.2) is 0 Å². The van der Waals surface area contributed by atoms with Crippen molar-refractivity contribution in [3.8, 4) is 0 Å². The van der Waals surface area contributed by atoms with Crippen LogP contribution in [0.5, 0.6) is 0 Å². The third-order valence-corrected chi connectivity index (χ3v) is 2.77. The Morgan fingerprint density at radius 3 is 2.94 bits per heavy atom. The van der Waals surface area contributed by atoms with E-state index in [0.29, 0.717) is 17.5 Å². The zero-order valence-electron chi connectivity index (χ0n) is 8.54. The number of benzene rings is 1. The van der Waals surface area contributed by atoms with Crippen LogP contribution in [0.3, 0.4) is 0 Å². The monoisotopic (exact) mass is 239 g/mol. The number of carboxylic acids is 1. The molecule has 0 radical (unpaired) electrons. The van der Waals surface area contributed by atoms with Crippen molar-refractivity contribution in [3.05, 3.63) is 22.5 Å². The molecule has 1 aromatic heterocycles. The fourth-order valence-corrected chi connectivity index (χ4v) is 1.77. The summed E-state index contributed by atoms with van der Waals surface area (Å²) in [6.07, 6.45) is 0.716. The summed E-state index contributed by atoms with van der Waals surface area (Å²) in [6, 6.07) is 1.43. The lowest BCUT2D eigenvalue weighted by atomic mass is 10.1. The summed E-state index contributed by atoms with van der Waals surface area (Å²) in [6.45, 7) is 1.94. The number of carboxylic acid groups (broad SMARTS) is 1. The third kappa shape index (κ3) is 1.49. The highest BCUT2D eigenvalue weighted by Crippen LogP contribution is 2.31. The predicted molar refractivity (Wildman–Crippen MR) is 61.9 cm³/mol. The molecule has 0 saturated heterocycles. The molecule has 0 saturated carbocycles. The van der Waals surface area contributed by atoms with Crippen LogP contribution in [0.1, 0.15) is 23.1 Å². The lowest BCUT2D eigenvalue weighted by Gasteiger charge is -2.03. The van der Waals surface area contributed by atoms with Gasteiger partial charge in [-0.3, -0.25) is 0 Å². The van der Waals surface area contributed by atoms with E-state index < -0.39 is 5.97 Å². The Labute approximate surface area is 96.2 Å². The molecule has 0 spiro atoms. The normalized spacial score (nSPS) is 10.9. The molecule has 0 amide bonds. The Morgan fingerprint density at radius 1 is 1.69 bits per heavy atom. The molecular weight excluding hydrogens is 230 g/mol. The second-order valence-corrected chi connectivity index (χ2v) is 3.77. The molecule has 0 atom stereocenters. The van der Waals surface area contributed by atoms with Crippen molar-refractivity contribution in [2.45, 2.75) is 13.3 Å². The van der Waals surface area contributed by atoms with Crippen molar-refractivity contribution in [1.82, 2.24) is 9.97 Å². The first-order valence-electron chi connectivity index (χ1n) is 4.74. The molecule has 0 bridgehead atoms. The number of nitrogens with zero attached hydrogens (tertiary/aromatic N) is 1. The molecule has 0 aliphatic rings. The van der Waals surface area contributed by atoms with Gasteiger partial charge in [-0.1, -0.05) is 18.5 Å². The van der Waals surface area contributed by atoms with Crippen LogP contribution >= 0.6 is 11.6 Å². The molecule has 0 fully saturated rings. The molecule has 0 aliphatic carbocycles. The first-order chi connectivity index (χ1) is 7.54. The fourth-order valence-electron chi connectivity index (χ4n) is 1.52. The highest BCUT2D eigenvalue weighted by molar-refractivity contribution is 6.38. The van der Waals surface area contributed by atoms with E-state index in [9.17, 15) is 4.79 Å². The van der Waals surface area contributed by atoms with Crippen LogP contribution in [0, 0.1) is 0 Å². The molecule has 0 unspecified atom stereocenters. The van der Waals surface area contributed by atoms with Crippen LogP contribution < -0.4 is 5.73 Å². The number of halogens is 1. The zero-order chi connectivity index (χ0) is 11.9. The standard InChI is InChI=1S/C10H10ClN3O2/c1-2-6-13-5-3-4(10(15)16)8(12)7(11)9(5)14-6/h3H,2,12H2,1H3,(H,13,14)(H,15,16). The summed E-state index contributed by atoms with van der Waals surface area (Å²) < 4.78 is 0. The topological polar surface area (TPSA) is 92.0 Å². The van der Waals surface area contributed by atoms with E-state index in [1.165, 1.54) is 6.07 Å². The minimum Gasteiger partial charge on any atom is -0.478 e. The van der Waals surface area contributed by atoms with E-state index in [-0.39, 0.29) is 16.3 Å². The maximum absolute atomic E-state index is 10.9. The number of anilines is 1. The number of nitrogen functional groups attached to an aromatic ring is 1. The summed E-state index contributed by atoms with van der Waals surface area (Å²) in [5.74, 6) is -0.360. The summed E-state index contributed by atoms with van der Waals surface area (Å²) in [5.41, 5.74) is 6.79. The summed E-state index contributed by atoms with van der Waals surface area (Å²) in [5, 5.41) is 9.15. The summed E-state index contributed by atoms with van der Waals surface area (Å²) in [7, 11) is 0. The van der Waals surface area contributed by atoms with Crippen LogP contribution in [0.4, 0.5) is 5.69 Å². The fraction of sp³-hybridized carbons (Fsp3) is 0.200. The van der Waals surface area contributed by atoms with Crippen molar-refractivity contribution < 1.29 is 9.90 Å². The van der Waals surface area contributed by atoms with Crippen molar-refractivity contribution >= 4 is 34.3 Å². The van der Waals surface area contributed by atoms with Crippen LogP contribution in [0.15, 0.2) is 6.07 Å². The van der Waals surface area contributed by atoms with Gasteiger partial charge in [-0.25, -0.2) is 9.78 Å². The van der Waals surface area contributed by atoms with Crippen molar-refractivity contribution in [1.29, 1.82) is 0 Å². The number of H-pyrrole nitrogens is 1. The first kappa shape index (κ1) is 10.8. The van der Waals surface area contributed by atoms with Crippen molar-refractivity contribution in [2.75, 3.05) is 5.73 Å². The molecule has 1 aromatic carbocycles. The van der Waals surface area contributed by atoms with E-state index in [0.717, 1.165) is 5.82 Å².